The van der Waals surface area contributed by atoms with Crippen LogP contribution in [-0.2, 0) is 0 Å². The minimum atomic E-state index is -0.901. The maximum Gasteiger partial charge on any atom is 0.193 e. The van der Waals surface area contributed by atoms with Gasteiger partial charge in [0.1, 0.15) is 6.10 Å². The van der Waals surface area contributed by atoms with Gasteiger partial charge in [-0.1, -0.05) is 24.3 Å². The third-order valence-corrected chi connectivity index (χ3v) is 3.56. The molecule has 0 saturated carbocycles. The monoisotopic (exact) mass is 368 g/mol. The minimum absolute atomic E-state index is 0.0542. The van der Waals surface area contributed by atoms with Gasteiger partial charge in [0.2, 0.25) is 0 Å². The molecule has 0 heterocycles. The van der Waals surface area contributed by atoms with Crippen molar-refractivity contribution in [2.75, 3.05) is 6.61 Å². The van der Waals surface area contributed by atoms with Crippen molar-refractivity contribution < 1.29 is 15.0 Å². The van der Waals surface area contributed by atoms with Crippen LogP contribution in [-0.4, -0.2) is 22.6 Å². The van der Waals surface area contributed by atoms with Gasteiger partial charge < -0.3 is 10.2 Å². The number of hydrogen-bond donors (Lipinski definition) is 2. The first-order valence-corrected chi connectivity index (χ1v) is 6.89. The van der Waals surface area contributed by atoms with E-state index < -0.39 is 6.10 Å². The Balaban J connectivity index is 2.22. The highest BCUT2D eigenvalue weighted by molar-refractivity contribution is 14.1. The first-order valence-electron chi connectivity index (χ1n) is 5.81. The predicted octanol–water partition coefficient (Wildman–Crippen LogP) is 2.55. The molecule has 0 fully saturated rings. The van der Waals surface area contributed by atoms with E-state index in [1.54, 1.807) is 36.4 Å². The third kappa shape index (κ3) is 3.40. The molecule has 0 aliphatic rings. The summed E-state index contributed by atoms with van der Waals surface area (Å²) in [5.74, 6) is -0.0542. The molecule has 0 spiro atoms. The Morgan fingerprint density at radius 3 is 1.95 bits per heavy atom. The van der Waals surface area contributed by atoms with Crippen molar-refractivity contribution in [1.82, 2.24) is 0 Å². The molecule has 0 unspecified atom stereocenters. The van der Waals surface area contributed by atoms with Crippen molar-refractivity contribution in [1.29, 1.82) is 0 Å². The van der Waals surface area contributed by atoms with Crippen LogP contribution in [0.2, 0.25) is 0 Å². The van der Waals surface area contributed by atoms with Crippen LogP contribution in [0.3, 0.4) is 0 Å². The van der Waals surface area contributed by atoms with Crippen LogP contribution >= 0.6 is 22.6 Å². The van der Waals surface area contributed by atoms with Crippen LogP contribution in [0.25, 0.3) is 0 Å². The fourth-order valence-electron chi connectivity index (χ4n) is 1.73. The van der Waals surface area contributed by atoms with Gasteiger partial charge in [0, 0.05) is 14.7 Å². The van der Waals surface area contributed by atoms with Gasteiger partial charge in [-0.3, -0.25) is 4.79 Å². The smallest absolute Gasteiger partial charge is 0.193 e. The summed E-state index contributed by atoms with van der Waals surface area (Å²) >= 11 is 2.19. The Bertz CT molecular complexity index is 561. The van der Waals surface area contributed by atoms with Crippen molar-refractivity contribution in [3.63, 3.8) is 0 Å². The lowest BCUT2D eigenvalue weighted by Gasteiger charge is -2.08. The Labute approximate surface area is 125 Å². The Morgan fingerprint density at radius 2 is 1.47 bits per heavy atom. The lowest BCUT2D eigenvalue weighted by atomic mass is 10.0. The second kappa shape index (κ2) is 6.27. The molecule has 2 rings (SSSR count). The topological polar surface area (TPSA) is 57.5 Å². The van der Waals surface area contributed by atoms with Gasteiger partial charge >= 0.3 is 0 Å². The maximum absolute atomic E-state index is 12.2. The molecule has 0 aromatic heterocycles. The molecule has 0 aliphatic heterocycles. The number of rotatable bonds is 4. The minimum Gasteiger partial charge on any atom is -0.393 e. The third-order valence-electron chi connectivity index (χ3n) is 2.84. The van der Waals surface area contributed by atoms with Crippen LogP contribution in [0.5, 0.6) is 0 Å². The number of carbonyl (C=O) groups is 1. The number of aliphatic hydroxyl groups excluding tert-OH is 2. The van der Waals surface area contributed by atoms with Crippen molar-refractivity contribution >= 4 is 28.4 Å². The van der Waals surface area contributed by atoms with E-state index in [2.05, 4.69) is 22.6 Å². The summed E-state index contributed by atoms with van der Waals surface area (Å²) in [5, 5.41) is 18.3. The lowest BCUT2D eigenvalue weighted by molar-refractivity contribution is 0.0955. The lowest BCUT2D eigenvalue weighted by Crippen LogP contribution is -2.04. The highest BCUT2D eigenvalue weighted by Crippen LogP contribution is 2.16. The SMILES string of the molecule is O=C(c1ccc(I)cc1)c1ccc([C@H](O)CO)cc1. The molecular weight excluding hydrogens is 355 g/mol. The molecule has 0 bridgehead atoms. The molecule has 0 radical (unpaired) electrons. The van der Waals surface area contributed by atoms with E-state index in [0.717, 1.165) is 3.57 Å². The molecule has 4 heteroatoms. The molecule has 2 aromatic carbocycles. The molecule has 98 valence electrons. The zero-order chi connectivity index (χ0) is 13.8. The fraction of sp³-hybridized carbons (Fsp3) is 0.133. The molecule has 3 nitrogen and oxygen atoms in total. The highest BCUT2D eigenvalue weighted by atomic mass is 127. The molecule has 0 saturated heterocycles. The average molecular weight is 368 g/mol. The van der Waals surface area contributed by atoms with Crippen LogP contribution in [0.15, 0.2) is 48.5 Å². The number of ketones is 1. The van der Waals surface area contributed by atoms with Crippen molar-refractivity contribution in [3.8, 4) is 0 Å². The number of hydrogen-bond acceptors (Lipinski definition) is 3. The summed E-state index contributed by atoms with van der Waals surface area (Å²) in [6, 6.07) is 14.0. The zero-order valence-corrected chi connectivity index (χ0v) is 12.2. The van der Waals surface area contributed by atoms with Crippen molar-refractivity contribution in [3.05, 3.63) is 68.8 Å². The Kier molecular flexibility index (Phi) is 4.68. The summed E-state index contributed by atoms with van der Waals surface area (Å²) in [6.07, 6.45) is -0.901. The second-order valence-corrected chi connectivity index (χ2v) is 5.40. The van der Waals surface area contributed by atoms with Gasteiger partial charge in [-0.15, -0.1) is 0 Å². The van der Waals surface area contributed by atoms with E-state index in [-0.39, 0.29) is 12.4 Å². The van der Waals surface area contributed by atoms with E-state index in [0.29, 0.717) is 16.7 Å². The molecular formula is C15H13IO3. The Morgan fingerprint density at radius 1 is 1.00 bits per heavy atom. The van der Waals surface area contributed by atoms with E-state index in [4.69, 9.17) is 5.11 Å². The quantitative estimate of drug-likeness (QED) is 0.644. The fourth-order valence-corrected chi connectivity index (χ4v) is 2.09. The van der Waals surface area contributed by atoms with Gasteiger partial charge in [-0.2, -0.15) is 0 Å². The van der Waals surface area contributed by atoms with E-state index in [9.17, 15) is 9.90 Å². The van der Waals surface area contributed by atoms with Crippen LogP contribution < -0.4 is 0 Å². The average Bonchev–Trinajstić information content (AvgIpc) is 2.46. The van der Waals surface area contributed by atoms with Crippen LogP contribution in [0.4, 0.5) is 0 Å². The molecule has 1 atom stereocenters. The van der Waals surface area contributed by atoms with Crippen LogP contribution in [0, 0.1) is 3.57 Å². The maximum atomic E-state index is 12.2. The van der Waals surface area contributed by atoms with Gasteiger partial charge in [0.25, 0.3) is 0 Å². The van der Waals surface area contributed by atoms with Gasteiger partial charge in [0.15, 0.2) is 5.78 Å². The van der Waals surface area contributed by atoms with E-state index in [1.807, 2.05) is 12.1 Å². The summed E-state index contributed by atoms with van der Waals surface area (Å²) in [5.41, 5.74) is 1.80. The first kappa shape index (κ1) is 14.2. The molecule has 2 N–H and O–H groups in total. The second-order valence-electron chi connectivity index (χ2n) is 4.16. The van der Waals surface area contributed by atoms with Crippen molar-refractivity contribution in [2.45, 2.75) is 6.10 Å². The highest BCUT2D eigenvalue weighted by Gasteiger charge is 2.10. The Hall–Kier alpha value is -1.24. The first-order chi connectivity index (χ1) is 9.11. The zero-order valence-electron chi connectivity index (χ0n) is 10.1. The molecule has 0 aliphatic carbocycles. The normalized spacial score (nSPS) is 12.2. The van der Waals surface area contributed by atoms with Crippen molar-refractivity contribution in [2.24, 2.45) is 0 Å². The number of halogens is 1. The molecule has 2 aromatic rings. The number of aliphatic hydroxyl groups is 2. The number of benzene rings is 2. The number of carbonyl (C=O) groups excluding carboxylic acids is 1. The van der Waals surface area contributed by atoms with Gasteiger partial charge in [-0.25, -0.2) is 0 Å². The van der Waals surface area contributed by atoms with Gasteiger partial charge in [-0.05, 0) is 52.4 Å². The summed E-state index contributed by atoms with van der Waals surface area (Å²) in [6.45, 7) is -0.329. The van der Waals surface area contributed by atoms with E-state index in [1.165, 1.54) is 0 Å². The summed E-state index contributed by atoms with van der Waals surface area (Å²) in [7, 11) is 0. The predicted molar refractivity (Wildman–Crippen MR) is 81.1 cm³/mol. The summed E-state index contributed by atoms with van der Waals surface area (Å²) < 4.78 is 1.08. The standard InChI is InChI=1S/C15H13IO3/c16-13-7-5-12(6-8-13)15(19)11-3-1-10(2-4-11)14(18)9-17/h1-8,14,17-18H,9H2/t14-/m1/s1. The van der Waals surface area contributed by atoms with E-state index >= 15 is 0 Å². The summed E-state index contributed by atoms with van der Waals surface area (Å²) in [4.78, 5) is 12.2. The van der Waals surface area contributed by atoms with Crippen LogP contribution in [0.1, 0.15) is 27.6 Å². The molecule has 19 heavy (non-hydrogen) atoms. The molecule has 0 amide bonds. The van der Waals surface area contributed by atoms with Gasteiger partial charge in [0.05, 0.1) is 6.61 Å². The largest absolute Gasteiger partial charge is 0.393 e.